The molecule has 1 N–H and O–H groups in total. The van der Waals surface area contributed by atoms with Gasteiger partial charge >= 0.3 is 0 Å². The summed E-state index contributed by atoms with van der Waals surface area (Å²) in [6.45, 7) is 7.27. The molecule has 4 rings (SSSR count). The van der Waals surface area contributed by atoms with Gasteiger partial charge in [-0.3, -0.25) is 4.79 Å². The number of hydrogen-bond acceptors (Lipinski definition) is 3. The van der Waals surface area contributed by atoms with Crippen molar-refractivity contribution >= 4 is 28.6 Å². The molecule has 2 aromatic carbocycles. The highest BCUT2D eigenvalue weighted by Gasteiger charge is 2.21. The Balaban J connectivity index is 1.59. The second-order valence-corrected chi connectivity index (χ2v) is 7.29. The van der Waals surface area contributed by atoms with E-state index < -0.39 is 0 Å². The summed E-state index contributed by atoms with van der Waals surface area (Å²) in [6, 6.07) is 14.6. The molecule has 142 valence electrons. The summed E-state index contributed by atoms with van der Waals surface area (Å²) in [6.07, 6.45) is 5.22. The number of nitrogens with zero attached hydrogens (tertiary/aromatic N) is 1. The molecule has 4 nitrogen and oxygen atoms in total. The summed E-state index contributed by atoms with van der Waals surface area (Å²) in [5.41, 5.74) is 4.66. The van der Waals surface area contributed by atoms with Crippen molar-refractivity contribution in [3.05, 3.63) is 66.4 Å². The smallest absolute Gasteiger partial charge is 0.228 e. The van der Waals surface area contributed by atoms with E-state index in [2.05, 4.69) is 60.2 Å². The number of rotatable bonds is 4. The number of nitrogens with one attached hydrogen (secondary N) is 1. The van der Waals surface area contributed by atoms with E-state index in [1.165, 1.54) is 11.1 Å². The summed E-state index contributed by atoms with van der Waals surface area (Å²) >= 11 is 0. The fraction of sp³-hybridized carbons (Fsp3) is 0.250. The Kier molecular flexibility index (Phi) is 5.22. The lowest BCUT2D eigenvalue weighted by Gasteiger charge is -2.21. The van der Waals surface area contributed by atoms with Crippen molar-refractivity contribution in [1.29, 1.82) is 0 Å². The topological polar surface area (TPSA) is 51.2 Å². The second-order valence-electron chi connectivity index (χ2n) is 7.29. The summed E-state index contributed by atoms with van der Waals surface area (Å²) in [4.78, 5) is 16.9. The van der Waals surface area contributed by atoms with Crippen molar-refractivity contribution in [3.8, 4) is 11.1 Å². The maximum Gasteiger partial charge on any atom is 0.228 e. The van der Waals surface area contributed by atoms with Crippen molar-refractivity contribution in [2.24, 2.45) is 5.92 Å². The molecule has 1 fully saturated rings. The number of benzene rings is 2. The standard InChI is InChI=1S/C24H24N2O2/c1-3-17-5-4-16(2)22(12-17)20-7-6-19-14-23(25-15-21(19)13-20)26-24(27)18-8-10-28-11-9-18/h3-7,12-15,18H,1,8-11H2,2H3,(H,25,26,27). The Bertz CT molecular complexity index is 1040. The molecule has 1 aliphatic heterocycles. The number of carbonyl (C=O) groups is 1. The van der Waals surface area contributed by atoms with Gasteiger partial charge in [-0.05, 0) is 65.6 Å². The van der Waals surface area contributed by atoms with Gasteiger partial charge in [0.05, 0.1) is 0 Å². The van der Waals surface area contributed by atoms with Gasteiger partial charge in [0.2, 0.25) is 5.91 Å². The lowest BCUT2D eigenvalue weighted by atomic mass is 9.96. The molecule has 0 atom stereocenters. The number of carbonyl (C=O) groups excluding carboxylic acids is 1. The minimum atomic E-state index is 0.00809. The quantitative estimate of drug-likeness (QED) is 0.683. The first-order valence-electron chi connectivity index (χ1n) is 9.66. The summed E-state index contributed by atoms with van der Waals surface area (Å²) < 4.78 is 5.33. The van der Waals surface area contributed by atoms with Crippen molar-refractivity contribution in [1.82, 2.24) is 4.98 Å². The number of amides is 1. The summed E-state index contributed by atoms with van der Waals surface area (Å²) in [5, 5.41) is 5.06. The average Bonchev–Trinajstić information content (AvgIpc) is 2.74. The molecule has 0 radical (unpaired) electrons. The highest BCUT2D eigenvalue weighted by atomic mass is 16.5. The molecule has 3 aromatic rings. The first-order chi connectivity index (χ1) is 13.6. The maximum absolute atomic E-state index is 12.4. The Labute approximate surface area is 165 Å². The zero-order valence-electron chi connectivity index (χ0n) is 16.1. The zero-order valence-corrected chi connectivity index (χ0v) is 16.1. The number of hydrogen-bond donors (Lipinski definition) is 1. The number of pyridine rings is 1. The van der Waals surface area contributed by atoms with Gasteiger partial charge in [0.25, 0.3) is 0 Å². The molecule has 28 heavy (non-hydrogen) atoms. The SMILES string of the molecule is C=Cc1ccc(C)c(-c2ccc3cc(NC(=O)C4CCOCC4)ncc3c2)c1. The normalized spacial score (nSPS) is 14.8. The Morgan fingerprint density at radius 2 is 1.96 bits per heavy atom. The molecule has 0 spiro atoms. The Morgan fingerprint density at radius 1 is 1.14 bits per heavy atom. The highest BCUT2D eigenvalue weighted by molar-refractivity contribution is 5.95. The van der Waals surface area contributed by atoms with Crippen molar-refractivity contribution in [2.45, 2.75) is 19.8 Å². The molecule has 1 aromatic heterocycles. The molecule has 1 saturated heterocycles. The maximum atomic E-state index is 12.4. The van der Waals surface area contributed by atoms with Gasteiger partial charge in [-0.25, -0.2) is 4.98 Å². The van der Waals surface area contributed by atoms with E-state index in [4.69, 9.17) is 4.74 Å². The van der Waals surface area contributed by atoms with Crippen molar-refractivity contribution in [3.63, 3.8) is 0 Å². The minimum absolute atomic E-state index is 0.00809. The van der Waals surface area contributed by atoms with Crippen molar-refractivity contribution in [2.75, 3.05) is 18.5 Å². The van der Waals surface area contributed by atoms with Crippen LogP contribution in [0.3, 0.4) is 0 Å². The fourth-order valence-electron chi connectivity index (χ4n) is 3.64. The van der Waals surface area contributed by atoms with E-state index in [0.717, 1.165) is 34.7 Å². The van der Waals surface area contributed by atoms with E-state index in [0.29, 0.717) is 19.0 Å². The lowest BCUT2D eigenvalue weighted by Crippen LogP contribution is -2.28. The number of ether oxygens (including phenoxy) is 1. The van der Waals surface area contributed by atoms with Crippen LogP contribution >= 0.6 is 0 Å². The average molecular weight is 372 g/mol. The van der Waals surface area contributed by atoms with E-state index in [1.807, 2.05) is 18.3 Å². The van der Waals surface area contributed by atoms with Gasteiger partial charge < -0.3 is 10.1 Å². The van der Waals surface area contributed by atoms with Crippen LogP contribution in [0.5, 0.6) is 0 Å². The predicted octanol–water partition coefficient (Wildman–Crippen LogP) is 5.22. The summed E-state index contributed by atoms with van der Waals surface area (Å²) in [5.74, 6) is 0.638. The molecule has 0 aliphatic carbocycles. The van der Waals surface area contributed by atoms with Crippen LogP contribution in [0.2, 0.25) is 0 Å². The van der Waals surface area contributed by atoms with Crippen LogP contribution in [0.25, 0.3) is 28.0 Å². The molecule has 0 saturated carbocycles. The third-order valence-electron chi connectivity index (χ3n) is 5.37. The van der Waals surface area contributed by atoms with E-state index >= 15 is 0 Å². The van der Waals surface area contributed by atoms with E-state index in [1.54, 1.807) is 0 Å². The molecular formula is C24H24N2O2. The highest BCUT2D eigenvalue weighted by Crippen LogP contribution is 2.29. The fourth-order valence-corrected chi connectivity index (χ4v) is 3.64. The van der Waals surface area contributed by atoms with Crippen LogP contribution in [0, 0.1) is 12.8 Å². The van der Waals surface area contributed by atoms with Crippen LogP contribution < -0.4 is 5.32 Å². The molecule has 4 heteroatoms. The van der Waals surface area contributed by atoms with Crippen LogP contribution in [-0.4, -0.2) is 24.1 Å². The zero-order chi connectivity index (χ0) is 19.5. The van der Waals surface area contributed by atoms with Crippen LogP contribution in [0.15, 0.2) is 55.2 Å². The molecule has 1 amide bonds. The molecule has 2 heterocycles. The molecular weight excluding hydrogens is 348 g/mol. The number of fused-ring (bicyclic) bond motifs is 1. The molecule has 0 bridgehead atoms. The second kappa shape index (κ2) is 7.95. The number of aryl methyl sites for hydroxylation is 1. The largest absolute Gasteiger partial charge is 0.381 e. The lowest BCUT2D eigenvalue weighted by molar-refractivity contribution is -0.122. The summed E-state index contributed by atoms with van der Waals surface area (Å²) in [7, 11) is 0. The van der Waals surface area contributed by atoms with Crippen LogP contribution in [0.1, 0.15) is 24.0 Å². The molecule has 1 aliphatic rings. The van der Waals surface area contributed by atoms with Crippen LogP contribution in [0.4, 0.5) is 5.82 Å². The molecule has 0 unspecified atom stereocenters. The van der Waals surface area contributed by atoms with Gasteiger partial charge in [-0.1, -0.05) is 36.9 Å². The van der Waals surface area contributed by atoms with Gasteiger partial charge in [0.15, 0.2) is 0 Å². The van der Waals surface area contributed by atoms with Crippen LogP contribution in [-0.2, 0) is 9.53 Å². The first-order valence-corrected chi connectivity index (χ1v) is 9.66. The third-order valence-corrected chi connectivity index (χ3v) is 5.37. The van der Waals surface area contributed by atoms with E-state index in [-0.39, 0.29) is 11.8 Å². The van der Waals surface area contributed by atoms with Gasteiger partial charge in [0.1, 0.15) is 5.82 Å². The third kappa shape index (κ3) is 3.82. The predicted molar refractivity (Wildman–Crippen MR) is 114 cm³/mol. The van der Waals surface area contributed by atoms with Gasteiger partial charge in [0, 0.05) is 30.7 Å². The minimum Gasteiger partial charge on any atom is -0.381 e. The Morgan fingerprint density at radius 3 is 2.75 bits per heavy atom. The number of aromatic nitrogens is 1. The van der Waals surface area contributed by atoms with Gasteiger partial charge in [-0.2, -0.15) is 0 Å². The monoisotopic (exact) mass is 372 g/mol. The Hall–Kier alpha value is -2.98. The van der Waals surface area contributed by atoms with E-state index in [9.17, 15) is 4.79 Å². The number of anilines is 1. The van der Waals surface area contributed by atoms with Gasteiger partial charge in [-0.15, -0.1) is 0 Å². The van der Waals surface area contributed by atoms with Crippen molar-refractivity contribution < 1.29 is 9.53 Å². The first kappa shape index (κ1) is 18.4.